The maximum Gasteiger partial charge on any atom is 0.407 e. The molecule has 0 bridgehead atoms. The molecule has 1 saturated carbocycles. The van der Waals surface area contributed by atoms with E-state index in [0.717, 1.165) is 12.1 Å². The summed E-state index contributed by atoms with van der Waals surface area (Å²) in [7, 11) is 0. The van der Waals surface area contributed by atoms with Gasteiger partial charge in [-0.25, -0.2) is 4.79 Å². The minimum atomic E-state index is -0.531. The topological polar surface area (TPSA) is 58.6 Å². The van der Waals surface area contributed by atoms with Crippen LogP contribution in [0.5, 0.6) is 0 Å². The quantitative estimate of drug-likeness (QED) is 0.867. The standard InChI is InChI=1S/C22H32N2O3/c1-22(2,3)27-21(26)23-18-13-19(20(25)14-18)17-9-7-16(8-10-17)15-24-11-5-4-6-12-24/h7-10,18-19H,4-6,11-15H2,1-3H3,(H,23,26). The summed E-state index contributed by atoms with van der Waals surface area (Å²) < 4.78 is 5.30. The van der Waals surface area contributed by atoms with E-state index in [1.54, 1.807) is 0 Å². The molecular formula is C22H32N2O3. The van der Waals surface area contributed by atoms with Gasteiger partial charge in [0.1, 0.15) is 11.4 Å². The van der Waals surface area contributed by atoms with Crippen molar-refractivity contribution in [2.75, 3.05) is 13.1 Å². The van der Waals surface area contributed by atoms with Gasteiger partial charge in [0, 0.05) is 24.9 Å². The van der Waals surface area contributed by atoms with Gasteiger partial charge in [0.05, 0.1) is 0 Å². The normalized spacial score (nSPS) is 24.0. The van der Waals surface area contributed by atoms with E-state index in [-0.39, 0.29) is 17.7 Å². The number of hydrogen-bond donors (Lipinski definition) is 1. The van der Waals surface area contributed by atoms with Crippen LogP contribution in [0.1, 0.15) is 69.9 Å². The number of ether oxygens (including phenoxy) is 1. The molecule has 148 valence electrons. The summed E-state index contributed by atoms with van der Waals surface area (Å²) in [6, 6.07) is 8.30. The lowest BCUT2D eigenvalue weighted by Crippen LogP contribution is -2.38. The van der Waals surface area contributed by atoms with E-state index < -0.39 is 11.7 Å². The molecule has 0 radical (unpaired) electrons. The number of nitrogens with zero attached hydrogens (tertiary/aromatic N) is 1. The number of likely N-dealkylation sites (tertiary alicyclic amines) is 1. The van der Waals surface area contributed by atoms with Gasteiger partial charge in [0.2, 0.25) is 0 Å². The van der Waals surface area contributed by atoms with Crippen LogP contribution in [-0.4, -0.2) is 41.5 Å². The number of hydrogen-bond acceptors (Lipinski definition) is 4. The smallest absolute Gasteiger partial charge is 0.407 e. The first-order chi connectivity index (χ1) is 12.8. The Morgan fingerprint density at radius 3 is 2.44 bits per heavy atom. The molecule has 27 heavy (non-hydrogen) atoms. The molecule has 5 heteroatoms. The number of amides is 1. The van der Waals surface area contributed by atoms with Crippen molar-refractivity contribution < 1.29 is 14.3 Å². The first kappa shape index (κ1) is 19.9. The van der Waals surface area contributed by atoms with Gasteiger partial charge in [-0.3, -0.25) is 9.69 Å². The maximum atomic E-state index is 12.5. The number of nitrogens with one attached hydrogen (secondary N) is 1. The summed E-state index contributed by atoms with van der Waals surface area (Å²) in [6.45, 7) is 8.85. The Morgan fingerprint density at radius 2 is 1.81 bits per heavy atom. The monoisotopic (exact) mass is 372 g/mol. The third-order valence-corrected chi connectivity index (χ3v) is 5.31. The fraction of sp³-hybridized carbons (Fsp3) is 0.636. The summed E-state index contributed by atoms with van der Waals surface area (Å²) in [6.07, 6.45) is 4.50. The third kappa shape index (κ3) is 5.80. The SMILES string of the molecule is CC(C)(C)OC(=O)NC1CC(=O)C(c2ccc(CN3CCCCC3)cc2)C1. The predicted molar refractivity (Wildman–Crippen MR) is 106 cm³/mol. The van der Waals surface area contributed by atoms with Crippen molar-refractivity contribution in [3.8, 4) is 0 Å². The van der Waals surface area contributed by atoms with Crippen molar-refractivity contribution in [3.05, 3.63) is 35.4 Å². The molecule has 2 unspecified atom stereocenters. The zero-order valence-electron chi connectivity index (χ0n) is 16.8. The lowest BCUT2D eigenvalue weighted by molar-refractivity contribution is -0.118. The lowest BCUT2D eigenvalue weighted by atomic mass is 9.95. The van der Waals surface area contributed by atoms with Crippen molar-refractivity contribution in [2.24, 2.45) is 0 Å². The number of ketones is 1. The average Bonchev–Trinajstić information content (AvgIpc) is 2.95. The Balaban J connectivity index is 1.54. The number of Topliss-reactive ketones (excluding diaryl/α,β-unsaturated/α-hetero) is 1. The highest BCUT2D eigenvalue weighted by Gasteiger charge is 2.35. The third-order valence-electron chi connectivity index (χ3n) is 5.31. The minimum Gasteiger partial charge on any atom is -0.444 e. The average molecular weight is 373 g/mol. The van der Waals surface area contributed by atoms with Gasteiger partial charge in [-0.1, -0.05) is 30.7 Å². The Bertz CT molecular complexity index is 657. The molecule has 1 N–H and O–H groups in total. The second-order valence-corrected chi connectivity index (χ2v) is 8.88. The molecule has 1 heterocycles. The van der Waals surface area contributed by atoms with Crippen molar-refractivity contribution in [1.29, 1.82) is 0 Å². The maximum absolute atomic E-state index is 12.5. The summed E-state index contributed by atoms with van der Waals surface area (Å²) >= 11 is 0. The van der Waals surface area contributed by atoms with E-state index in [1.165, 1.54) is 37.9 Å². The van der Waals surface area contributed by atoms with Gasteiger partial charge >= 0.3 is 6.09 Å². The summed E-state index contributed by atoms with van der Waals surface area (Å²) in [5.74, 6) is 0.0637. The van der Waals surface area contributed by atoms with Gasteiger partial charge in [-0.05, 0) is 64.3 Å². The van der Waals surface area contributed by atoms with E-state index in [9.17, 15) is 9.59 Å². The van der Waals surface area contributed by atoms with Crippen LogP contribution in [0.2, 0.25) is 0 Å². The molecule has 0 aromatic heterocycles. The largest absolute Gasteiger partial charge is 0.444 e. The van der Waals surface area contributed by atoms with Crippen LogP contribution >= 0.6 is 0 Å². The molecule has 5 nitrogen and oxygen atoms in total. The number of benzene rings is 1. The van der Waals surface area contributed by atoms with E-state index in [1.807, 2.05) is 20.8 Å². The van der Waals surface area contributed by atoms with E-state index in [0.29, 0.717) is 12.8 Å². The van der Waals surface area contributed by atoms with Crippen molar-refractivity contribution in [3.63, 3.8) is 0 Å². The highest BCUT2D eigenvalue weighted by atomic mass is 16.6. The highest BCUT2D eigenvalue weighted by molar-refractivity contribution is 5.89. The fourth-order valence-electron chi connectivity index (χ4n) is 4.02. The first-order valence-electron chi connectivity index (χ1n) is 10.1. The molecule has 1 amide bonds. The second-order valence-electron chi connectivity index (χ2n) is 8.88. The zero-order valence-corrected chi connectivity index (χ0v) is 16.8. The highest BCUT2D eigenvalue weighted by Crippen LogP contribution is 2.32. The molecule has 1 aromatic carbocycles. The van der Waals surface area contributed by atoms with E-state index in [4.69, 9.17) is 4.74 Å². The molecule has 1 aromatic rings. The summed E-state index contributed by atoms with van der Waals surface area (Å²) in [5.41, 5.74) is 1.82. The van der Waals surface area contributed by atoms with Gasteiger partial charge in [-0.2, -0.15) is 0 Å². The molecule has 2 atom stereocenters. The first-order valence-corrected chi connectivity index (χ1v) is 10.1. The number of piperidine rings is 1. The Labute approximate surface area is 162 Å². The lowest BCUT2D eigenvalue weighted by Gasteiger charge is -2.26. The molecule has 2 aliphatic rings. The predicted octanol–water partition coefficient (Wildman–Crippen LogP) is 4.01. The van der Waals surface area contributed by atoms with Crippen molar-refractivity contribution in [2.45, 2.75) is 77.0 Å². The van der Waals surface area contributed by atoms with Crippen molar-refractivity contribution >= 4 is 11.9 Å². The Hall–Kier alpha value is -1.88. The van der Waals surface area contributed by atoms with E-state index in [2.05, 4.69) is 34.5 Å². The fourth-order valence-corrected chi connectivity index (χ4v) is 4.02. The number of rotatable bonds is 4. The summed E-state index contributed by atoms with van der Waals surface area (Å²) in [5, 5.41) is 2.84. The van der Waals surface area contributed by atoms with Crippen LogP contribution in [0.15, 0.2) is 24.3 Å². The Kier molecular flexibility index (Phi) is 6.20. The van der Waals surface area contributed by atoms with Crippen LogP contribution < -0.4 is 5.32 Å². The van der Waals surface area contributed by atoms with Crippen LogP contribution in [-0.2, 0) is 16.1 Å². The Morgan fingerprint density at radius 1 is 1.15 bits per heavy atom. The summed E-state index contributed by atoms with van der Waals surface area (Å²) in [4.78, 5) is 26.9. The van der Waals surface area contributed by atoms with Crippen LogP contribution in [0.4, 0.5) is 4.79 Å². The molecule has 1 aliphatic heterocycles. The molecule has 3 rings (SSSR count). The molecular weight excluding hydrogens is 340 g/mol. The number of carbonyl (C=O) groups is 2. The van der Waals surface area contributed by atoms with Gasteiger partial charge in [0.25, 0.3) is 0 Å². The number of alkyl carbamates (subject to hydrolysis) is 1. The number of carbonyl (C=O) groups excluding carboxylic acids is 2. The molecule has 0 spiro atoms. The van der Waals surface area contributed by atoms with Gasteiger partial charge in [0.15, 0.2) is 0 Å². The van der Waals surface area contributed by atoms with Crippen LogP contribution in [0.25, 0.3) is 0 Å². The van der Waals surface area contributed by atoms with Crippen LogP contribution in [0.3, 0.4) is 0 Å². The van der Waals surface area contributed by atoms with Crippen LogP contribution in [0, 0.1) is 0 Å². The minimum absolute atomic E-state index is 0.131. The zero-order chi connectivity index (χ0) is 19.4. The van der Waals surface area contributed by atoms with Gasteiger partial charge < -0.3 is 10.1 Å². The van der Waals surface area contributed by atoms with Gasteiger partial charge in [-0.15, -0.1) is 0 Å². The molecule has 1 saturated heterocycles. The second kappa shape index (κ2) is 8.42. The van der Waals surface area contributed by atoms with E-state index >= 15 is 0 Å². The molecule has 1 aliphatic carbocycles. The molecule has 2 fully saturated rings. The van der Waals surface area contributed by atoms with Crippen molar-refractivity contribution in [1.82, 2.24) is 10.2 Å².